The van der Waals surface area contributed by atoms with E-state index in [9.17, 15) is 22.7 Å². The Morgan fingerprint density at radius 2 is 1.97 bits per heavy atom. The predicted molar refractivity (Wildman–Crippen MR) is 109 cm³/mol. The molecule has 1 aromatic carbocycles. The molecule has 4 rings (SSSR count). The Labute approximate surface area is 176 Å². The van der Waals surface area contributed by atoms with Gasteiger partial charge in [0.2, 0.25) is 0 Å². The highest BCUT2D eigenvalue weighted by Gasteiger charge is 2.36. The molecule has 2 aliphatic carbocycles. The number of thiazole rings is 1. The minimum Gasteiger partial charge on any atom is -0.393 e. The predicted octanol–water partition coefficient (Wildman–Crippen LogP) is 2.49. The molecule has 1 heterocycles. The Kier molecular flexibility index (Phi) is 5.85. The number of halogens is 1. The summed E-state index contributed by atoms with van der Waals surface area (Å²) in [4.78, 5) is 22.1. The van der Waals surface area contributed by atoms with Crippen LogP contribution in [0.5, 0.6) is 0 Å². The number of carbonyl (C=O) groups is 1. The number of rotatable bonds is 7. The molecule has 1 aromatic heterocycles. The van der Waals surface area contributed by atoms with E-state index in [1.807, 2.05) is 0 Å². The van der Waals surface area contributed by atoms with Crippen molar-refractivity contribution in [2.75, 3.05) is 5.32 Å². The number of benzene rings is 1. The maximum atomic E-state index is 13.2. The van der Waals surface area contributed by atoms with Gasteiger partial charge in [-0.1, -0.05) is 28.6 Å². The molecule has 2 fully saturated rings. The summed E-state index contributed by atoms with van der Waals surface area (Å²) in [6, 6.07) is 5.86. The van der Waals surface area contributed by atoms with Crippen LogP contribution in [-0.2, 0) is 19.5 Å². The Morgan fingerprint density at radius 3 is 2.53 bits per heavy atom. The Morgan fingerprint density at radius 1 is 1.23 bits per heavy atom. The van der Waals surface area contributed by atoms with Crippen LogP contribution in [0.4, 0.5) is 9.52 Å². The van der Waals surface area contributed by atoms with E-state index in [1.165, 1.54) is 24.3 Å². The molecule has 2 N–H and O–H groups in total. The van der Waals surface area contributed by atoms with Gasteiger partial charge in [-0.3, -0.25) is 10.1 Å². The van der Waals surface area contributed by atoms with E-state index in [1.54, 1.807) is 0 Å². The lowest BCUT2D eigenvalue weighted by atomic mass is 10.1. The maximum absolute atomic E-state index is 13.2. The highest BCUT2D eigenvalue weighted by Crippen LogP contribution is 2.33. The quantitative estimate of drug-likeness (QED) is 0.491. The van der Waals surface area contributed by atoms with E-state index >= 15 is 0 Å². The van der Waals surface area contributed by atoms with Crippen molar-refractivity contribution in [2.45, 2.75) is 54.5 Å². The average molecular weight is 454 g/mol. The topological polar surface area (TPSA) is 118 Å². The van der Waals surface area contributed by atoms with Crippen LogP contribution in [0.15, 0.2) is 40.5 Å². The van der Waals surface area contributed by atoms with Crippen LogP contribution in [0.25, 0.3) is 0 Å². The number of hydrogen-bond acceptors (Lipinski definition) is 8. The van der Waals surface area contributed by atoms with Crippen molar-refractivity contribution in [3.05, 3.63) is 41.2 Å². The Balaban J connectivity index is 1.58. The second-order valence-corrected chi connectivity index (χ2v) is 10.5. The van der Waals surface area contributed by atoms with E-state index in [-0.39, 0.29) is 27.1 Å². The van der Waals surface area contributed by atoms with Gasteiger partial charge in [0.15, 0.2) is 25.8 Å². The zero-order valence-corrected chi connectivity index (χ0v) is 17.5. The van der Waals surface area contributed by atoms with Crippen LogP contribution in [-0.4, -0.2) is 47.6 Å². The lowest BCUT2D eigenvalue weighted by molar-refractivity contribution is -0.110. The first kappa shape index (κ1) is 20.9. The molecule has 1 amide bonds. The number of anilines is 1. The number of nitrogens with one attached hydrogen (secondary N) is 1. The number of sulfone groups is 1. The number of aromatic nitrogens is 1. The third kappa shape index (κ3) is 4.68. The molecule has 0 aliphatic heterocycles. The first-order chi connectivity index (χ1) is 14.3. The van der Waals surface area contributed by atoms with Crippen molar-refractivity contribution in [1.29, 1.82) is 0 Å². The summed E-state index contributed by atoms with van der Waals surface area (Å²) >= 11 is 0.670. The molecule has 0 saturated heterocycles. The zero-order valence-electron chi connectivity index (χ0n) is 15.8. The molecule has 11 heteroatoms. The first-order valence-corrected chi connectivity index (χ1v) is 11.9. The molecule has 8 nitrogen and oxygen atoms in total. The fraction of sp³-hybridized carbons (Fsp3) is 0.421. The van der Waals surface area contributed by atoms with Crippen LogP contribution >= 0.6 is 11.3 Å². The normalized spacial score (nSPS) is 22.1. The van der Waals surface area contributed by atoms with Gasteiger partial charge in [-0.15, -0.1) is 0 Å². The zero-order chi connectivity index (χ0) is 21.3. The lowest BCUT2D eigenvalue weighted by Gasteiger charge is -2.11. The molecular formula is C19H20FN3O5S2. The smallest absolute Gasteiger partial charge is 0.280 e. The Bertz CT molecular complexity index is 1060. The summed E-state index contributed by atoms with van der Waals surface area (Å²) in [5.41, 5.74) is 0.250. The number of nitrogens with zero attached hydrogens (tertiary/aromatic N) is 2. The van der Waals surface area contributed by atoms with Gasteiger partial charge in [0, 0.05) is 12.0 Å². The van der Waals surface area contributed by atoms with Crippen molar-refractivity contribution in [3.8, 4) is 0 Å². The van der Waals surface area contributed by atoms with Crippen LogP contribution in [0.1, 0.15) is 37.7 Å². The van der Waals surface area contributed by atoms with Crippen molar-refractivity contribution >= 4 is 37.9 Å². The molecule has 2 aromatic rings. The van der Waals surface area contributed by atoms with Crippen LogP contribution in [0.3, 0.4) is 0 Å². The van der Waals surface area contributed by atoms with Crippen LogP contribution in [0.2, 0.25) is 0 Å². The van der Waals surface area contributed by atoms with E-state index in [0.29, 0.717) is 49.0 Å². The number of aliphatic hydroxyl groups excluding tert-OH is 1. The molecule has 0 spiro atoms. The van der Waals surface area contributed by atoms with Gasteiger partial charge in [0.1, 0.15) is 6.10 Å². The van der Waals surface area contributed by atoms with E-state index in [4.69, 9.17) is 4.84 Å². The largest absolute Gasteiger partial charge is 0.393 e. The summed E-state index contributed by atoms with van der Waals surface area (Å²) in [6.45, 7) is 0. The van der Waals surface area contributed by atoms with Crippen molar-refractivity contribution in [3.63, 3.8) is 0 Å². The number of carbonyl (C=O) groups excluding carboxylic acids is 1. The van der Waals surface area contributed by atoms with Crippen LogP contribution < -0.4 is 5.32 Å². The summed E-state index contributed by atoms with van der Waals surface area (Å²) < 4.78 is 38.0. The highest BCUT2D eigenvalue weighted by molar-refractivity contribution is 7.92. The van der Waals surface area contributed by atoms with Crippen LogP contribution in [0, 0.1) is 5.13 Å². The molecule has 2 aliphatic rings. The van der Waals surface area contributed by atoms with Gasteiger partial charge >= 0.3 is 0 Å². The van der Waals surface area contributed by atoms with Crippen molar-refractivity contribution < 1.29 is 27.5 Å². The van der Waals surface area contributed by atoms with E-state index in [2.05, 4.69) is 15.5 Å². The highest BCUT2D eigenvalue weighted by atomic mass is 32.2. The fourth-order valence-corrected chi connectivity index (χ4v) is 5.40. The molecule has 30 heavy (non-hydrogen) atoms. The van der Waals surface area contributed by atoms with Gasteiger partial charge in [-0.25, -0.2) is 13.4 Å². The summed E-state index contributed by atoms with van der Waals surface area (Å²) in [5, 5.41) is 15.3. The standard InChI is InChI=1S/C19H20FN3O5S2/c20-16-10-21-19(29-16)22-18(25)17(23-28-13-4-3-12(24)9-13)11-1-5-14(6-2-11)30(26,27)15-7-8-15/h1-2,5-6,10,12-13,15,24H,3-4,7-9H2,(H,21,22,25)/t12-,13+/m0/s1. The Hall–Kier alpha value is -2.37. The van der Waals surface area contributed by atoms with E-state index < -0.39 is 27.0 Å². The van der Waals surface area contributed by atoms with Crippen molar-refractivity contribution in [2.24, 2.45) is 5.16 Å². The van der Waals surface area contributed by atoms with E-state index in [0.717, 1.165) is 6.20 Å². The summed E-state index contributed by atoms with van der Waals surface area (Å²) in [7, 11) is -3.36. The third-order valence-corrected chi connectivity index (χ3v) is 7.96. The second-order valence-electron chi connectivity index (χ2n) is 7.33. The first-order valence-electron chi connectivity index (χ1n) is 9.52. The second kappa shape index (κ2) is 8.40. The SMILES string of the molecule is O=C(Nc1ncc(F)s1)C(=NO[C@@H]1CC[C@H](O)C1)c1ccc(S(=O)(=O)C2CC2)cc1. The fourth-order valence-electron chi connectivity index (χ4n) is 3.21. The number of hydrogen-bond donors (Lipinski definition) is 2. The third-order valence-electron chi connectivity index (χ3n) is 4.98. The summed E-state index contributed by atoms with van der Waals surface area (Å²) in [6.07, 6.45) is 3.13. The molecule has 0 unspecified atom stereocenters. The number of amides is 1. The number of oxime groups is 1. The number of aliphatic hydroxyl groups is 1. The average Bonchev–Trinajstić information content (AvgIpc) is 3.39. The van der Waals surface area contributed by atoms with Gasteiger partial charge in [-0.2, -0.15) is 4.39 Å². The van der Waals surface area contributed by atoms with Gasteiger partial charge in [-0.05, 0) is 37.8 Å². The lowest BCUT2D eigenvalue weighted by Crippen LogP contribution is -2.25. The molecule has 0 radical (unpaired) electrons. The summed E-state index contributed by atoms with van der Waals surface area (Å²) in [5.74, 6) is -0.666. The van der Waals surface area contributed by atoms with Gasteiger partial charge in [0.05, 0.1) is 22.4 Å². The molecule has 2 saturated carbocycles. The minimum absolute atomic E-state index is 0.0643. The van der Waals surface area contributed by atoms with Crippen molar-refractivity contribution in [1.82, 2.24) is 4.98 Å². The maximum Gasteiger partial charge on any atom is 0.280 e. The van der Waals surface area contributed by atoms with Gasteiger partial charge < -0.3 is 9.94 Å². The molecule has 2 atom stereocenters. The monoisotopic (exact) mass is 453 g/mol. The van der Waals surface area contributed by atoms with Gasteiger partial charge in [0.25, 0.3) is 5.91 Å². The molecule has 0 bridgehead atoms. The minimum atomic E-state index is -3.36. The molecule has 160 valence electrons. The molecular weight excluding hydrogens is 433 g/mol.